The number of hydrogen-bond donors (Lipinski definition) is 1. The maximum absolute atomic E-state index is 10.7. The molecule has 2 atom stereocenters. The smallest absolute Gasteiger partial charge is 0.404 e. The fourth-order valence-corrected chi connectivity index (χ4v) is 2.70. The number of furan rings is 1. The van der Waals surface area contributed by atoms with Gasteiger partial charge < -0.3 is 10.2 Å². The van der Waals surface area contributed by atoms with Crippen molar-refractivity contribution in [1.29, 1.82) is 0 Å². The van der Waals surface area contributed by atoms with Crippen molar-refractivity contribution in [3.63, 3.8) is 0 Å². The molecule has 6 heteroatoms. The minimum atomic E-state index is -0.504. The third kappa shape index (κ3) is 2.26. The first kappa shape index (κ1) is 13.0. The van der Waals surface area contributed by atoms with E-state index >= 15 is 0 Å². The second kappa shape index (κ2) is 5.07. The highest BCUT2D eigenvalue weighted by atomic mass is 16.6. The van der Waals surface area contributed by atoms with Gasteiger partial charge in [-0.15, -0.1) is 0 Å². The number of likely N-dealkylation sites (tertiary alicyclic amines) is 1. The topological polar surface area (TPSA) is 85.5 Å². The largest absolute Gasteiger partial charge is 0.433 e. The lowest BCUT2D eigenvalue weighted by Crippen LogP contribution is -2.33. The van der Waals surface area contributed by atoms with Gasteiger partial charge in [0.2, 0.25) is 0 Å². The summed E-state index contributed by atoms with van der Waals surface area (Å²) in [5, 5.41) is 10.7. The van der Waals surface area contributed by atoms with E-state index in [0.29, 0.717) is 24.3 Å². The van der Waals surface area contributed by atoms with Crippen LogP contribution in [-0.2, 0) is 0 Å². The van der Waals surface area contributed by atoms with Gasteiger partial charge in [-0.05, 0) is 45.3 Å². The van der Waals surface area contributed by atoms with E-state index in [9.17, 15) is 10.1 Å². The SMILES string of the molecule is CC(C)N1CCC(CN)C1c1ccc([N+](=O)[O-])o1. The van der Waals surface area contributed by atoms with E-state index in [-0.39, 0.29) is 11.9 Å². The fraction of sp³-hybridized carbons (Fsp3) is 0.667. The lowest BCUT2D eigenvalue weighted by molar-refractivity contribution is -0.402. The molecule has 0 saturated carbocycles. The molecule has 18 heavy (non-hydrogen) atoms. The maximum Gasteiger partial charge on any atom is 0.433 e. The first-order chi connectivity index (χ1) is 8.54. The van der Waals surface area contributed by atoms with Crippen molar-refractivity contribution >= 4 is 5.88 Å². The van der Waals surface area contributed by atoms with Crippen molar-refractivity contribution < 1.29 is 9.34 Å². The summed E-state index contributed by atoms with van der Waals surface area (Å²) in [4.78, 5) is 12.5. The average molecular weight is 253 g/mol. The van der Waals surface area contributed by atoms with Crippen LogP contribution >= 0.6 is 0 Å². The highest BCUT2D eigenvalue weighted by molar-refractivity contribution is 5.21. The molecule has 2 N–H and O–H groups in total. The molecule has 1 fully saturated rings. The Labute approximate surface area is 106 Å². The Morgan fingerprint density at radius 3 is 2.83 bits per heavy atom. The van der Waals surface area contributed by atoms with Crippen LogP contribution in [0.4, 0.5) is 5.88 Å². The third-order valence-electron chi connectivity index (χ3n) is 3.61. The second-order valence-electron chi connectivity index (χ2n) is 4.99. The Morgan fingerprint density at radius 2 is 2.33 bits per heavy atom. The van der Waals surface area contributed by atoms with Crippen LogP contribution in [-0.4, -0.2) is 29.0 Å². The van der Waals surface area contributed by atoms with Crippen LogP contribution in [0.15, 0.2) is 16.5 Å². The molecule has 0 aromatic carbocycles. The molecule has 1 aliphatic heterocycles. The highest BCUT2D eigenvalue weighted by Gasteiger charge is 2.38. The van der Waals surface area contributed by atoms with Crippen LogP contribution in [0.1, 0.15) is 32.1 Å². The molecule has 0 spiro atoms. The molecule has 2 rings (SSSR count). The zero-order valence-corrected chi connectivity index (χ0v) is 10.7. The molecule has 6 nitrogen and oxygen atoms in total. The number of nitrogens with two attached hydrogens (primary N) is 1. The van der Waals surface area contributed by atoms with Gasteiger partial charge in [-0.25, -0.2) is 0 Å². The zero-order chi connectivity index (χ0) is 13.3. The van der Waals surface area contributed by atoms with Gasteiger partial charge in [-0.1, -0.05) is 0 Å². The Hall–Kier alpha value is -1.40. The predicted molar refractivity (Wildman–Crippen MR) is 67.1 cm³/mol. The maximum atomic E-state index is 10.7. The summed E-state index contributed by atoms with van der Waals surface area (Å²) in [5.41, 5.74) is 5.79. The summed E-state index contributed by atoms with van der Waals surface area (Å²) in [6.45, 7) is 5.76. The number of rotatable bonds is 4. The van der Waals surface area contributed by atoms with Crippen molar-refractivity contribution in [3.8, 4) is 0 Å². The number of hydrogen-bond acceptors (Lipinski definition) is 5. The lowest BCUT2D eigenvalue weighted by Gasteiger charge is -2.29. The monoisotopic (exact) mass is 253 g/mol. The van der Waals surface area contributed by atoms with E-state index in [0.717, 1.165) is 13.0 Å². The van der Waals surface area contributed by atoms with Crippen molar-refractivity contribution in [3.05, 3.63) is 28.0 Å². The number of nitro groups is 1. The van der Waals surface area contributed by atoms with Crippen LogP contribution < -0.4 is 5.73 Å². The van der Waals surface area contributed by atoms with Crippen molar-refractivity contribution in [2.24, 2.45) is 11.7 Å². The molecule has 2 unspecified atom stereocenters. The molecule has 1 saturated heterocycles. The Bertz CT molecular complexity index is 430. The summed E-state index contributed by atoms with van der Waals surface area (Å²) in [5.74, 6) is 0.762. The number of nitrogens with zero attached hydrogens (tertiary/aromatic N) is 2. The van der Waals surface area contributed by atoms with E-state index in [1.54, 1.807) is 6.07 Å². The van der Waals surface area contributed by atoms with Gasteiger partial charge in [0.1, 0.15) is 10.7 Å². The quantitative estimate of drug-likeness (QED) is 0.654. The molecule has 0 aliphatic carbocycles. The molecule has 0 bridgehead atoms. The Morgan fingerprint density at radius 1 is 1.61 bits per heavy atom. The van der Waals surface area contributed by atoms with Crippen LogP contribution in [0.25, 0.3) is 0 Å². The third-order valence-corrected chi connectivity index (χ3v) is 3.61. The van der Waals surface area contributed by atoms with Crippen LogP contribution in [0.5, 0.6) is 0 Å². The summed E-state index contributed by atoms with van der Waals surface area (Å²) < 4.78 is 5.35. The molecule has 0 radical (unpaired) electrons. The summed E-state index contributed by atoms with van der Waals surface area (Å²) >= 11 is 0. The molecule has 1 aromatic rings. The van der Waals surface area contributed by atoms with Crippen LogP contribution in [0, 0.1) is 16.0 Å². The molecule has 0 amide bonds. The van der Waals surface area contributed by atoms with Gasteiger partial charge in [0.05, 0.1) is 12.1 Å². The van der Waals surface area contributed by atoms with Gasteiger partial charge in [0, 0.05) is 6.04 Å². The summed E-state index contributed by atoms with van der Waals surface area (Å²) in [6.07, 6.45) is 1.01. The first-order valence-electron chi connectivity index (χ1n) is 6.24. The minimum absolute atomic E-state index is 0.0590. The van der Waals surface area contributed by atoms with E-state index in [1.165, 1.54) is 6.07 Å². The molecule has 100 valence electrons. The standard InChI is InChI=1S/C12H19N3O3/c1-8(2)14-6-5-9(7-13)12(14)10-3-4-11(18-10)15(16)17/h3-4,8-9,12H,5-7,13H2,1-2H3. The van der Waals surface area contributed by atoms with E-state index in [1.807, 2.05) is 0 Å². The van der Waals surface area contributed by atoms with Gasteiger partial charge >= 0.3 is 5.88 Å². The zero-order valence-electron chi connectivity index (χ0n) is 10.7. The molecule has 2 heterocycles. The Balaban J connectivity index is 2.28. The second-order valence-corrected chi connectivity index (χ2v) is 4.99. The van der Waals surface area contributed by atoms with Gasteiger partial charge in [-0.2, -0.15) is 0 Å². The van der Waals surface area contributed by atoms with E-state index in [4.69, 9.17) is 10.2 Å². The van der Waals surface area contributed by atoms with Gasteiger partial charge in [0.15, 0.2) is 0 Å². The summed E-state index contributed by atoms with van der Waals surface area (Å²) in [7, 11) is 0. The lowest BCUT2D eigenvalue weighted by atomic mass is 9.98. The van der Waals surface area contributed by atoms with E-state index in [2.05, 4.69) is 18.7 Å². The van der Waals surface area contributed by atoms with Crippen molar-refractivity contribution in [2.75, 3.05) is 13.1 Å². The highest BCUT2D eigenvalue weighted by Crippen LogP contribution is 2.39. The molecular formula is C12H19N3O3. The van der Waals surface area contributed by atoms with Crippen molar-refractivity contribution in [2.45, 2.75) is 32.4 Å². The van der Waals surface area contributed by atoms with E-state index < -0.39 is 4.92 Å². The molecular weight excluding hydrogens is 234 g/mol. The van der Waals surface area contributed by atoms with Gasteiger partial charge in [0.25, 0.3) is 0 Å². The minimum Gasteiger partial charge on any atom is -0.404 e. The predicted octanol–water partition coefficient (Wildman–Crippen LogP) is 1.92. The molecule has 1 aromatic heterocycles. The Kier molecular flexibility index (Phi) is 3.68. The normalized spacial score (nSPS) is 24.9. The van der Waals surface area contributed by atoms with Crippen LogP contribution in [0.2, 0.25) is 0 Å². The summed E-state index contributed by atoms with van der Waals surface area (Å²) in [6, 6.07) is 3.55. The van der Waals surface area contributed by atoms with Crippen molar-refractivity contribution in [1.82, 2.24) is 4.90 Å². The van der Waals surface area contributed by atoms with Gasteiger partial charge in [-0.3, -0.25) is 15.0 Å². The fourth-order valence-electron chi connectivity index (χ4n) is 2.70. The molecule has 1 aliphatic rings. The first-order valence-corrected chi connectivity index (χ1v) is 6.24. The van der Waals surface area contributed by atoms with Crippen LogP contribution in [0.3, 0.4) is 0 Å². The average Bonchev–Trinajstić information content (AvgIpc) is 2.94.